The number of rotatable bonds is 31. The van der Waals surface area contributed by atoms with Gasteiger partial charge in [0.2, 0.25) is 5.60 Å². The van der Waals surface area contributed by atoms with Gasteiger partial charge in [0.15, 0.2) is 0 Å². The summed E-state index contributed by atoms with van der Waals surface area (Å²) in [6.45, 7) is 4.05. The maximum absolute atomic E-state index is 13.0. The number of aliphatic hydroxyl groups excluding tert-OH is 2. The summed E-state index contributed by atoms with van der Waals surface area (Å²) in [6.07, 6.45) is 19.5. The molecule has 3 N–H and O–H groups in total. The van der Waals surface area contributed by atoms with Crippen molar-refractivity contribution in [2.45, 2.75) is 166 Å². The molecule has 1 saturated heterocycles. The van der Waals surface area contributed by atoms with Gasteiger partial charge in [-0.3, -0.25) is 9.05 Å². The number of unbranched alkanes of at least 4 members (excludes halogenated alkanes) is 17. The Bertz CT molecular complexity index is 1640. The highest BCUT2D eigenvalue weighted by molar-refractivity contribution is 7.47. The molecule has 1 aliphatic heterocycles. The molecule has 0 radical (unpaired) electrons. The van der Waals surface area contributed by atoms with Gasteiger partial charge in [-0.15, -0.1) is 0 Å². The third-order valence-electron chi connectivity index (χ3n) is 10.7. The van der Waals surface area contributed by atoms with Gasteiger partial charge in [-0.2, -0.15) is 10.4 Å². The SMILES string of the molecule is CCCCCCCCCCCCCCCCCCCCOC[C@H](COP(=O)(O)OC[C@H]1O[C@@](C#N)(c2ccc3c(C)ncnn23)[C@H](O)[C@@H]1O)OCc1ccccc1. The maximum atomic E-state index is 13.0. The zero-order chi connectivity index (χ0) is 40.8. The third-order valence-corrected chi connectivity index (χ3v) is 11.7. The van der Waals surface area contributed by atoms with E-state index in [-0.39, 0.29) is 25.5 Å². The molecule has 3 heterocycles. The molecule has 3 aromatic rings. The highest BCUT2D eigenvalue weighted by Gasteiger charge is 2.58. The van der Waals surface area contributed by atoms with Gasteiger partial charge in [0, 0.05) is 6.61 Å². The standard InChI is InChI=1S/C43H67N4O9P/c1-3-4-5-6-7-8-9-10-11-12-13-14-15-16-17-18-19-23-28-52-30-37(53-29-36-24-21-20-22-25-36)31-54-57(50,51)55-32-39-41(48)42(49)43(33-44,56-39)40-27-26-38-35(2)45-34-46-47(38)40/h20-22,24-27,34,37,39,41-42,48-49H,3-19,23,28-32H2,1-2H3,(H,50,51)/t37-,39-,41-,42-,43+/m1/s1. The molecule has 1 aliphatic rings. The Morgan fingerprint density at radius 1 is 0.860 bits per heavy atom. The van der Waals surface area contributed by atoms with Crippen molar-refractivity contribution in [3.8, 4) is 6.07 Å². The zero-order valence-electron chi connectivity index (χ0n) is 34.2. The van der Waals surface area contributed by atoms with E-state index in [0.717, 1.165) is 18.4 Å². The van der Waals surface area contributed by atoms with Crippen LogP contribution in [0.2, 0.25) is 0 Å². The van der Waals surface area contributed by atoms with Gasteiger partial charge in [-0.1, -0.05) is 146 Å². The number of hydrogen-bond donors (Lipinski definition) is 3. The fraction of sp³-hybridized carbons (Fsp3) is 0.698. The number of fused-ring (bicyclic) bond motifs is 1. The van der Waals surface area contributed by atoms with Crippen LogP contribution >= 0.6 is 7.82 Å². The van der Waals surface area contributed by atoms with Crippen molar-refractivity contribution in [2.24, 2.45) is 0 Å². The maximum Gasteiger partial charge on any atom is 0.472 e. The van der Waals surface area contributed by atoms with E-state index in [9.17, 15) is 24.9 Å². The van der Waals surface area contributed by atoms with Crippen LogP contribution in [0.4, 0.5) is 0 Å². The molecule has 2 aromatic heterocycles. The van der Waals surface area contributed by atoms with Crippen LogP contribution in [0, 0.1) is 18.3 Å². The monoisotopic (exact) mass is 814 g/mol. The number of nitriles is 1. The summed E-state index contributed by atoms with van der Waals surface area (Å²) >= 11 is 0. The average Bonchev–Trinajstić information content (AvgIpc) is 3.76. The Morgan fingerprint density at radius 2 is 1.46 bits per heavy atom. The van der Waals surface area contributed by atoms with E-state index in [0.29, 0.717) is 17.8 Å². The van der Waals surface area contributed by atoms with E-state index in [4.69, 9.17) is 23.3 Å². The molecule has 6 atom stereocenters. The van der Waals surface area contributed by atoms with Crippen molar-refractivity contribution < 1.29 is 42.9 Å². The highest BCUT2D eigenvalue weighted by Crippen LogP contribution is 2.46. The van der Waals surface area contributed by atoms with Gasteiger partial charge >= 0.3 is 7.82 Å². The van der Waals surface area contributed by atoms with E-state index in [1.165, 1.54) is 114 Å². The summed E-state index contributed by atoms with van der Waals surface area (Å²) < 4.78 is 42.7. The van der Waals surface area contributed by atoms with Crippen LogP contribution in [0.1, 0.15) is 139 Å². The van der Waals surface area contributed by atoms with Crippen LogP contribution in [0.15, 0.2) is 48.8 Å². The van der Waals surface area contributed by atoms with Crippen LogP contribution in [0.3, 0.4) is 0 Å². The lowest BCUT2D eigenvalue weighted by molar-refractivity contribution is -0.0690. The lowest BCUT2D eigenvalue weighted by atomic mass is 9.92. The minimum absolute atomic E-state index is 0.154. The second kappa shape index (κ2) is 25.7. The topological polar surface area (TPSA) is 178 Å². The number of benzene rings is 1. The third kappa shape index (κ3) is 15.4. The smallest absolute Gasteiger partial charge is 0.387 e. The highest BCUT2D eigenvalue weighted by atomic mass is 31.2. The fourth-order valence-electron chi connectivity index (χ4n) is 7.29. The summed E-state index contributed by atoms with van der Waals surface area (Å²) in [4.78, 5) is 14.7. The molecule has 13 nitrogen and oxygen atoms in total. The predicted molar refractivity (Wildman–Crippen MR) is 218 cm³/mol. The molecular weight excluding hydrogens is 747 g/mol. The minimum Gasteiger partial charge on any atom is -0.387 e. The normalized spacial score (nSPS) is 21.2. The van der Waals surface area contributed by atoms with Crippen LogP contribution in [0.25, 0.3) is 5.52 Å². The molecule has 0 saturated carbocycles. The predicted octanol–water partition coefficient (Wildman–Crippen LogP) is 8.65. The number of aromatic nitrogens is 3. The van der Waals surface area contributed by atoms with Crippen molar-refractivity contribution in [1.82, 2.24) is 14.6 Å². The number of nitrogens with zero attached hydrogens (tertiary/aromatic N) is 4. The number of ether oxygens (including phenoxy) is 3. The molecule has 0 amide bonds. The van der Waals surface area contributed by atoms with E-state index < -0.39 is 44.4 Å². The van der Waals surface area contributed by atoms with E-state index in [2.05, 4.69) is 17.0 Å². The average molecular weight is 815 g/mol. The molecule has 1 fully saturated rings. The van der Waals surface area contributed by atoms with Gasteiger partial charge in [-0.25, -0.2) is 14.1 Å². The van der Waals surface area contributed by atoms with Crippen LogP contribution in [0.5, 0.6) is 0 Å². The van der Waals surface area contributed by atoms with Gasteiger partial charge in [0.1, 0.15) is 36.8 Å². The van der Waals surface area contributed by atoms with Gasteiger partial charge in [0.25, 0.3) is 0 Å². The summed E-state index contributed by atoms with van der Waals surface area (Å²) in [7, 11) is -4.69. The van der Waals surface area contributed by atoms with E-state index in [1.807, 2.05) is 36.4 Å². The Hall–Kier alpha value is -2.76. The fourth-order valence-corrected chi connectivity index (χ4v) is 8.05. The second-order valence-corrected chi connectivity index (χ2v) is 16.8. The minimum atomic E-state index is -4.69. The van der Waals surface area contributed by atoms with Crippen LogP contribution < -0.4 is 0 Å². The van der Waals surface area contributed by atoms with Crippen molar-refractivity contribution in [3.05, 3.63) is 65.7 Å². The second-order valence-electron chi connectivity index (χ2n) is 15.4. The van der Waals surface area contributed by atoms with E-state index >= 15 is 0 Å². The molecule has 4 rings (SSSR count). The van der Waals surface area contributed by atoms with E-state index in [1.54, 1.807) is 19.1 Å². The lowest BCUT2D eigenvalue weighted by Crippen LogP contribution is -2.41. The molecule has 318 valence electrons. The molecule has 1 unspecified atom stereocenters. The van der Waals surface area contributed by atoms with Crippen molar-refractivity contribution >= 4 is 13.3 Å². The molecule has 1 aromatic carbocycles. The Morgan fingerprint density at radius 3 is 2.05 bits per heavy atom. The first-order valence-corrected chi connectivity index (χ1v) is 22.8. The largest absolute Gasteiger partial charge is 0.472 e. The lowest BCUT2D eigenvalue weighted by Gasteiger charge is -2.24. The van der Waals surface area contributed by atoms with Gasteiger partial charge in [0.05, 0.1) is 43.3 Å². The Kier molecular flexibility index (Phi) is 21.1. The van der Waals surface area contributed by atoms with Gasteiger partial charge < -0.3 is 29.3 Å². The Balaban J connectivity index is 1.12. The summed E-state index contributed by atoms with van der Waals surface area (Å²) in [5, 5.41) is 36.2. The quantitative estimate of drug-likeness (QED) is 0.0417. The van der Waals surface area contributed by atoms with Crippen molar-refractivity contribution in [1.29, 1.82) is 5.26 Å². The first-order chi connectivity index (χ1) is 27.7. The zero-order valence-corrected chi connectivity index (χ0v) is 35.1. The first-order valence-electron chi connectivity index (χ1n) is 21.3. The van der Waals surface area contributed by atoms with Gasteiger partial charge in [-0.05, 0) is 31.0 Å². The summed E-state index contributed by atoms with van der Waals surface area (Å²) in [5.74, 6) is 0. The molecule has 0 spiro atoms. The van der Waals surface area contributed by atoms with Crippen LogP contribution in [-0.4, -0.2) is 80.5 Å². The van der Waals surface area contributed by atoms with Crippen molar-refractivity contribution in [2.75, 3.05) is 26.4 Å². The summed E-state index contributed by atoms with van der Waals surface area (Å²) in [6, 6.07) is 14.8. The Labute approximate surface area is 339 Å². The molecule has 0 bridgehead atoms. The van der Waals surface area contributed by atoms with Crippen LogP contribution in [-0.2, 0) is 40.0 Å². The number of phosphoric acid groups is 1. The molecule has 0 aliphatic carbocycles. The molecular formula is C43H67N4O9P. The number of aryl methyl sites for hydroxylation is 1. The summed E-state index contributed by atoms with van der Waals surface area (Å²) in [5.41, 5.74) is 0.298. The first kappa shape index (κ1) is 46.9. The molecule has 14 heteroatoms. The van der Waals surface area contributed by atoms with Crippen molar-refractivity contribution in [3.63, 3.8) is 0 Å². The number of hydrogen-bond acceptors (Lipinski definition) is 11. The molecule has 57 heavy (non-hydrogen) atoms. The number of phosphoric ester groups is 1. The number of aliphatic hydroxyl groups is 2.